The minimum absolute atomic E-state index is 0.154. The Bertz CT molecular complexity index is 383. The third-order valence-corrected chi connectivity index (χ3v) is 2.66. The van der Waals surface area contributed by atoms with Crippen molar-refractivity contribution in [1.29, 1.82) is 0 Å². The van der Waals surface area contributed by atoms with Crippen molar-refractivity contribution in [1.82, 2.24) is 5.32 Å². The van der Waals surface area contributed by atoms with Crippen molar-refractivity contribution in [2.45, 2.75) is 18.9 Å². The highest BCUT2D eigenvalue weighted by molar-refractivity contribution is 6.27. The minimum atomic E-state index is -0.788. The molecule has 0 heterocycles. The van der Waals surface area contributed by atoms with Crippen molar-refractivity contribution in [3.8, 4) is 0 Å². The lowest BCUT2D eigenvalue weighted by Gasteiger charge is -2.28. The average molecular weight is 260 g/mol. The Hall–Kier alpha value is -1.13. The standard InChI is InChI=1S/C12H15ClFNO2/c1-12(8-16,15-11(17)7-13)6-9-2-4-10(14)5-3-9/h2-5,16H,6-8H2,1H3,(H,15,17). The number of aliphatic hydroxyl groups is 1. The Morgan fingerprint density at radius 3 is 2.53 bits per heavy atom. The number of hydrogen-bond donors (Lipinski definition) is 2. The van der Waals surface area contributed by atoms with E-state index < -0.39 is 5.54 Å². The molecule has 5 heteroatoms. The molecule has 1 rings (SSSR count). The van der Waals surface area contributed by atoms with Gasteiger partial charge < -0.3 is 10.4 Å². The van der Waals surface area contributed by atoms with Crippen LogP contribution in [0.15, 0.2) is 24.3 Å². The number of nitrogens with one attached hydrogen (secondary N) is 1. The van der Waals surface area contributed by atoms with Crippen LogP contribution >= 0.6 is 11.6 Å². The van der Waals surface area contributed by atoms with Crippen LogP contribution < -0.4 is 5.32 Å². The fourth-order valence-electron chi connectivity index (χ4n) is 1.56. The SMILES string of the molecule is CC(CO)(Cc1ccc(F)cc1)NC(=O)CCl. The van der Waals surface area contributed by atoms with E-state index in [0.717, 1.165) is 5.56 Å². The Morgan fingerprint density at radius 2 is 2.06 bits per heavy atom. The van der Waals surface area contributed by atoms with Gasteiger partial charge in [0, 0.05) is 0 Å². The Kier molecular flexibility index (Phi) is 4.90. The van der Waals surface area contributed by atoms with Gasteiger partial charge in [0.05, 0.1) is 12.1 Å². The molecule has 94 valence electrons. The Morgan fingerprint density at radius 1 is 1.47 bits per heavy atom. The van der Waals surface area contributed by atoms with E-state index in [-0.39, 0.29) is 24.2 Å². The van der Waals surface area contributed by atoms with Crippen LogP contribution in [0.25, 0.3) is 0 Å². The molecule has 0 bridgehead atoms. The second-order valence-corrected chi connectivity index (χ2v) is 4.47. The molecule has 2 N–H and O–H groups in total. The molecule has 1 aromatic rings. The molecule has 0 saturated heterocycles. The zero-order valence-corrected chi connectivity index (χ0v) is 10.3. The van der Waals surface area contributed by atoms with Gasteiger partial charge in [-0.25, -0.2) is 4.39 Å². The molecule has 0 saturated carbocycles. The van der Waals surface area contributed by atoms with E-state index in [0.29, 0.717) is 6.42 Å². The van der Waals surface area contributed by atoms with Crippen molar-refractivity contribution in [3.63, 3.8) is 0 Å². The number of carbonyl (C=O) groups excluding carboxylic acids is 1. The number of aliphatic hydroxyl groups excluding tert-OH is 1. The monoisotopic (exact) mass is 259 g/mol. The van der Waals surface area contributed by atoms with Crippen molar-refractivity contribution < 1.29 is 14.3 Å². The van der Waals surface area contributed by atoms with E-state index in [9.17, 15) is 14.3 Å². The van der Waals surface area contributed by atoms with Gasteiger partial charge in [0.1, 0.15) is 11.7 Å². The smallest absolute Gasteiger partial charge is 0.235 e. The molecule has 1 aromatic carbocycles. The molecule has 0 aliphatic heterocycles. The molecule has 0 aliphatic rings. The highest BCUT2D eigenvalue weighted by Gasteiger charge is 2.25. The summed E-state index contributed by atoms with van der Waals surface area (Å²) in [6.07, 6.45) is 0.409. The van der Waals surface area contributed by atoms with Gasteiger partial charge in [-0.2, -0.15) is 0 Å². The molecule has 0 fully saturated rings. The van der Waals surface area contributed by atoms with Gasteiger partial charge in [0.15, 0.2) is 0 Å². The molecule has 1 atom stereocenters. The fraction of sp³-hybridized carbons (Fsp3) is 0.417. The van der Waals surface area contributed by atoms with E-state index in [1.165, 1.54) is 12.1 Å². The van der Waals surface area contributed by atoms with E-state index >= 15 is 0 Å². The van der Waals surface area contributed by atoms with Gasteiger partial charge in [-0.05, 0) is 31.0 Å². The molecule has 0 radical (unpaired) electrons. The average Bonchev–Trinajstić information content (AvgIpc) is 2.32. The Labute approximate surface area is 105 Å². The van der Waals surface area contributed by atoms with Crippen LogP contribution in [-0.2, 0) is 11.2 Å². The number of alkyl halides is 1. The van der Waals surface area contributed by atoms with Crippen molar-refractivity contribution in [3.05, 3.63) is 35.6 Å². The molecular weight excluding hydrogens is 245 g/mol. The first-order valence-corrected chi connectivity index (χ1v) is 5.75. The van der Waals surface area contributed by atoms with Crippen LogP contribution in [0.2, 0.25) is 0 Å². The summed E-state index contributed by atoms with van der Waals surface area (Å²) in [5.74, 6) is -0.812. The maximum atomic E-state index is 12.7. The second-order valence-electron chi connectivity index (χ2n) is 4.20. The summed E-state index contributed by atoms with van der Waals surface area (Å²) in [5.41, 5.74) is 0.0434. The van der Waals surface area contributed by atoms with E-state index in [1.54, 1.807) is 19.1 Å². The maximum absolute atomic E-state index is 12.7. The van der Waals surface area contributed by atoms with Crippen LogP contribution in [0.4, 0.5) is 4.39 Å². The number of rotatable bonds is 5. The second kappa shape index (κ2) is 5.98. The Balaban J connectivity index is 2.74. The van der Waals surface area contributed by atoms with Gasteiger partial charge in [0.2, 0.25) is 5.91 Å². The highest BCUT2D eigenvalue weighted by Crippen LogP contribution is 2.13. The van der Waals surface area contributed by atoms with Crippen molar-refractivity contribution in [2.75, 3.05) is 12.5 Å². The summed E-state index contributed by atoms with van der Waals surface area (Å²) in [4.78, 5) is 11.2. The topological polar surface area (TPSA) is 49.3 Å². The molecule has 17 heavy (non-hydrogen) atoms. The van der Waals surface area contributed by atoms with Crippen LogP contribution in [0.5, 0.6) is 0 Å². The van der Waals surface area contributed by atoms with E-state index in [2.05, 4.69) is 5.32 Å². The molecule has 0 aliphatic carbocycles. The van der Waals surface area contributed by atoms with E-state index in [4.69, 9.17) is 11.6 Å². The van der Waals surface area contributed by atoms with Crippen LogP contribution in [0.3, 0.4) is 0 Å². The first-order chi connectivity index (χ1) is 7.99. The number of halogens is 2. The lowest BCUT2D eigenvalue weighted by molar-refractivity contribution is -0.120. The number of amides is 1. The molecule has 0 spiro atoms. The molecule has 3 nitrogen and oxygen atoms in total. The molecule has 1 unspecified atom stereocenters. The largest absolute Gasteiger partial charge is 0.394 e. The third kappa shape index (κ3) is 4.32. The van der Waals surface area contributed by atoms with Gasteiger partial charge in [0.25, 0.3) is 0 Å². The van der Waals surface area contributed by atoms with Crippen molar-refractivity contribution >= 4 is 17.5 Å². The first-order valence-electron chi connectivity index (χ1n) is 5.21. The van der Waals surface area contributed by atoms with Gasteiger partial charge in [-0.15, -0.1) is 11.6 Å². The predicted molar refractivity (Wildman–Crippen MR) is 64.5 cm³/mol. The molecule has 1 amide bonds. The third-order valence-electron chi connectivity index (χ3n) is 2.42. The van der Waals surface area contributed by atoms with Crippen molar-refractivity contribution in [2.24, 2.45) is 0 Å². The van der Waals surface area contributed by atoms with E-state index in [1.807, 2.05) is 0 Å². The summed E-state index contributed by atoms with van der Waals surface area (Å²) >= 11 is 5.40. The fourth-order valence-corrected chi connectivity index (χ4v) is 1.63. The maximum Gasteiger partial charge on any atom is 0.235 e. The normalized spacial score (nSPS) is 14.1. The lowest BCUT2D eigenvalue weighted by Crippen LogP contribution is -2.51. The molecule has 0 aromatic heterocycles. The van der Waals surface area contributed by atoms with Crippen LogP contribution in [-0.4, -0.2) is 29.0 Å². The minimum Gasteiger partial charge on any atom is -0.394 e. The number of hydrogen-bond acceptors (Lipinski definition) is 2. The van der Waals surface area contributed by atoms with Gasteiger partial charge in [-0.1, -0.05) is 12.1 Å². The zero-order chi connectivity index (χ0) is 12.9. The lowest BCUT2D eigenvalue weighted by atomic mass is 9.93. The summed E-state index contributed by atoms with van der Waals surface area (Å²) < 4.78 is 12.7. The summed E-state index contributed by atoms with van der Waals surface area (Å²) in [6, 6.07) is 5.93. The summed E-state index contributed by atoms with van der Waals surface area (Å²) in [6.45, 7) is 1.49. The van der Waals surface area contributed by atoms with Crippen LogP contribution in [0, 0.1) is 5.82 Å². The molecular formula is C12H15ClFNO2. The van der Waals surface area contributed by atoms with Crippen LogP contribution in [0.1, 0.15) is 12.5 Å². The highest BCUT2D eigenvalue weighted by atomic mass is 35.5. The van der Waals surface area contributed by atoms with Gasteiger partial charge >= 0.3 is 0 Å². The first kappa shape index (κ1) is 13.9. The quantitative estimate of drug-likeness (QED) is 0.787. The van der Waals surface area contributed by atoms with Gasteiger partial charge in [-0.3, -0.25) is 4.79 Å². The number of carbonyl (C=O) groups is 1. The predicted octanol–water partition coefficient (Wildman–Crippen LogP) is 1.47. The summed E-state index contributed by atoms with van der Waals surface area (Å²) in [5, 5.41) is 12.0. The summed E-state index contributed by atoms with van der Waals surface area (Å²) in [7, 11) is 0. The zero-order valence-electron chi connectivity index (χ0n) is 9.54. The number of benzene rings is 1.